The third-order valence-electron chi connectivity index (χ3n) is 3.90. The summed E-state index contributed by atoms with van der Waals surface area (Å²) in [5.74, 6) is 0.946. The van der Waals surface area contributed by atoms with E-state index in [1.807, 2.05) is 11.3 Å². The molecule has 1 N–H and O–H groups in total. The van der Waals surface area contributed by atoms with E-state index in [1.165, 1.54) is 42.9 Å². The van der Waals surface area contributed by atoms with Gasteiger partial charge in [-0.15, -0.1) is 23.1 Å². The monoisotopic (exact) mass is 283 g/mol. The highest BCUT2D eigenvalue weighted by atomic mass is 32.2. The number of rotatable bonds is 6. The summed E-state index contributed by atoms with van der Waals surface area (Å²) < 4.78 is 1.49. The van der Waals surface area contributed by atoms with E-state index in [9.17, 15) is 0 Å². The van der Waals surface area contributed by atoms with E-state index < -0.39 is 0 Å². The molecule has 3 unspecified atom stereocenters. The fraction of sp³-hybridized carbons (Fsp3) is 0.733. The van der Waals surface area contributed by atoms with Gasteiger partial charge in [0, 0.05) is 11.3 Å². The number of nitrogens with one attached hydrogen (secondary N) is 1. The van der Waals surface area contributed by atoms with E-state index in [-0.39, 0.29) is 0 Å². The van der Waals surface area contributed by atoms with Gasteiger partial charge in [-0.3, -0.25) is 0 Å². The van der Waals surface area contributed by atoms with E-state index in [0.29, 0.717) is 0 Å². The molecule has 1 aliphatic carbocycles. The summed E-state index contributed by atoms with van der Waals surface area (Å²) in [6, 6.07) is 5.16. The molecule has 2 rings (SSSR count). The Balaban J connectivity index is 1.94. The molecular weight excluding hydrogens is 258 g/mol. The minimum absolute atomic E-state index is 0.722. The van der Waals surface area contributed by atoms with Crippen molar-refractivity contribution >= 4 is 23.1 Å². The van der Waals surface area contributed by atoms with Crippen molar-refractivity contribution in [2.45, 2.75) is 61.5 Å². The van der Waals surface area contributed by atoms with Crippen molar-refractivity contribution in [3.8, 4) is 0 Å². The molecule has 102 valence electrons. The lowest BCUT2D eigenvalue weighted by atomic mass is 9.84. The third-order valence-corrected chi connectivity index (χ3v) is 6.33. The summed E-state index contributed by atoms with van der Waals surface area (Å²) in [5, 5.41) is 6.73. The Morgan fingerprint density at radius 3 is 2.94 bits per heavy atom. The van der Waals surface area contributed by atoms with Crippen LogP contribution in [0.25, 0.3) is 0 Å². The minimum atomic E-state index is 0.722. The Morgan fingerprint density at radius 1 is 1.39 bits per heavy atom. The van der Waals surface area contributed by atoms with Crippen molar-refractivity contribution in [2.24, 2.45) is 5.92 Å². The van der Waals surface area contributed by atoms with Gasteiger partial charge in [0.1, 0.15) is 0 Å². The largest absolute Gasteiger partial charge is 0.313 e. The molecular formula is C15H25NS2. The molecule has 1 nitrogen and oxygen atoms in total. The summed E-state index contributed by atoms with van der Waals surface area (Å²) in [5.41, 5.74) is 0. The molecule has 3 heteroatoms. The normalized spacial score (nSPS) is 28.4. The molecule has 1 aromatic heterocycles. The molecule has 18 heavy (non-hydrogen) atoms. The summed E-state index contributed by atoms with van der Waals surface area (Å²) in [6.45, 7) is 5.77. The lowest BCUT2D eigenvalue weighted by molar-refractivity contribution is 0.295. The number of hydrogen-bond donors (Lipinski definition) is 1. The van der Waals surface area contributed by atoms with Crippen LogP contribution < -0.4 is 5.32 Å². The van der Waals surface area contributed by atoms with Gasteiger partial charge in [-0.2, -0.15) is 0 Å². The molecule has 0 aliphatic heterocycles. The molecule has 0 radical (unpaired) electrons. The zero-order valence-corrected chi connectivity index (χ0v) is 13.2. The SMILES string of the molecule is CCCNC1CCC(CC)CC1Sc1cccs1. The quantitative estimate of drug-likeness (QED) is 0.806. The van der Waals surface area contributed by atoms with E-state index in [4.69, 9.17) is 0 Å². The van der Waals surface area contributed by atoms with Crippen molar-refractivity contribution in [3.05, 3.63) is 17.5 Å². The standard InChI is InChI=1S/C15H25NS2/c1-3-9-16-13-8-7-12(4-2)11-14(13)18-15-6-5-10-17-15/h5-6,10,12-14,16H,3-4,7-9,11H2,1-2H3. The Hall–Kier alpha value is 0.01000. The van der Waals surface area contributed by atoms with Crippen molar-refractivity contribution in [2.75, 3.05) is 6.54 Å². The Bertz CT molecular complexity index is 323. The molecule has 1 heterocycles. The molecule has 0 bridgehead atoms. The van der Waals surface area contributed by atoms with Crippen LogP contribution in [0.2, 0.25) is 0 Å². The molecule has 1 fully saturated rings. The molecule has 3 atom stereocenters. The fourth-order valence-electron chi connectivity index (χ4n) is 2.76. The number of thiophene rings is 1. The second-order valence-corrected chi connectivity index (χ2v) is 7.72. The first-order valence-corrected chi connectivity index (χ1v) is 9.03. The molecule has 1 aromatic rings. The maximum Gasteiger partial charge on any atom is 0.0601 e. The average Bonchev–Trinajstić information content (AvgIpc) is 2.90. The third kappa shape index (κ3) is 4.01. The highest BCUT2D eigenvalue weighted by molar-refractivity contribution is 8.01. The first-order valence-electron chi connectivity index (χ1n) is 7.27. The van der Waals surface area contributed by atoms with Gasteiger partial charge in [0.15, 0.2) is 0 Å². The van der Waals surface area contributed by atoms with Crippen LogP contribution in [0.15, 0.2) is 21.7 Å². The van der Waals surface area contributed by atoms with Crippen LogP contribution in [0.4, 0.5) is 0 Å². The second-order valence-electron chi connectivity index (χ2n) is 5.24. The lowest BCUT2D eigenvalue weighted by Gasteiger charge is -2.36. The van der Waals surface area contributed by atoms with Gasteiger partial charge >= 0.3 is 0 Å². The summed E-state index contributed by atoms with van der Waals surface area (Å²) in [6.07, 6.45) is 6.76. The predicted molar refractivity (Wildman–Crippen MR) is 83.7 cm³/mol. The van der Waals surface area contributed by atoms with Gasteiger partial charge in [-0.25, -0.2) is 0 Å². The highest BCUT2D eigenvalue weighted by Gasteiger charge is 2.30. The first-order chi connectivity index (χ1) is 8.83. The minimum Gasteiger partial charge on any atom is -0.313 e. The Labute approximate surface area is 120 Å². The van der Waals surface area contributed by atoms with Gasteiger partial charge in [0.05, 0.1) is 4.21 Å². The maximum atomic E-state index is 3.76. The maximum absolute atomic E-state index is 3.76. The van der Waals surface area contributed by atoms with Crippen molar-refractivity contribution in [1.82, 2.24) is 5.32 Å². The topological polar surface area (TPSA) is 12.0 Å². The lowest BCUT2D eigenvalue weighted by Crippen LogP contribution is -2.42. The van der Waals surface area contributed by atoms with Crippen LogP contribution in [-0.4, -0.2) is 17.8 Å². The van der Waals surface area contributed by atoms with E-state index in [2.05, 4.69) is 48.4 Å². The van der Waals surface area contributed by atoms with Gasteiger partial charge in [-0.1, -0.05) is 26.3 Å². The van der Waals surface area contributed by atoms with Crippen molar-refractivity contribution in [3.63, 3.8) is 0 Å². The van der Waals surface area contributed by atoms with Crippen LogP contribution in [-0.2, 0) is 0 Å². The van der Waals surface area contributed by atoms with Crippen LogP contribution in [0.1, 0.15) is 46.0 Å². The van der Waals surface area contributed by atoms with E-state index in [0.717, 1.165) is 17.2 Å². The number of hydrogen-bond acceptors (Lipinski definition) is 3. The second kappa shape index (κ2) is 7.56. The summed E-state index contributed by atoms with van der Waals surface area (Å²) >= 11 is 3.99. The molecule has 1 aliphatic rings. The van der Waals surface area contributed by atoms with E-state index in [1.54, 1.807) is 0 Å². The smallest absolute Gasteiger partial charge is 0.0601 e. The zero-order chi connectivity index (χ0) is 12.8. The molecule has 0 amide bonds. The van der Waals surface area contributed by atoms with Gasteiger partial charge in [-0.05, 0) is 49.6 Å². The van der Waals surface area contributed by atoms with Crippen LogP contribution in [0, 0.1) is 5.92 Å². The molecule has 0 spiro atoms. The predicted octanol–water partition coefficient (Wildman–Crippen LogP) is 4.79. The van der Waals surface area contributed by atoms with Crippen LogP contribution in [0.3, 0.4) is 0 Å². The summed E-state index contributed by atoms with van der Waals surface area (Å²) in [4.78, 5) is 0. The van der Waals surface area contributed by atoms with Crippen molar-refractivity contribution in [1.29, 1.82) is 0 Å². The summed E-state index contributed by atoms with van der Waals surface area (Å²) in [7, 11) is 0. The Morgan fingerprint density at radius 2 is 2.28 bits per heavy atom. The highest BCUT2D eigenvalue weighted by Crippen LogP contribution is 2.39. The van der Waals surface area contributed by atoms with Crippen LogP contribution >= 0.6 is 23.1 Å². The molecule has 0 aromatic carbocycles. The van der Waals surface area contributed by atoms with Gasteiger partial charge < -0.3 is 5.32 Å². The fourth-order valence-corrected chi connectivity index (χ4v) is 5.18. The Kier molecular flexibility index (Phi) is 6.06. The zero-order valence-electron chi connectivity index (χ0n) is 11.5. The van der Waals surface area contributed by atoms with Gasteiger partial charge in [0.25, 0.3) is 0 Å². The van der Waals surface area contributed by atoms with Crippen molar-refractivity contribution < 1.29 is 0 Å². The molecule has 0 saturated heterocycles. The van der Waals surface area contributed by atoms with Gasteiger partial charge in [0.2, 0.25) is 0 Å². The van der Waals surface area contributed by atoms with E-state index >= 15 is 0 Å². The van der Waals surface area contributed by atoms with Crippen LogP contribution in [0.5, 0.6) is 0 Å². The average molecular weight is 284 g/mol. The number of thioether (sulfide) groups is 1. The molecule has 1 saturated carbocycles. The first kappa shape index (κ1) is 14.4.